The van der Waals surface area contributed by atoms with E-state index in [1.807, 2.05) is 60.7 Å². The largest absolute Gasteiger partial charge is 0.318 e. The van der Waals surface area contributed by atoms with Crippen LogP contribution in [0.15, 0.2) is 72.8 Å². The van der Waals surface area contributed by atoms with Crippen LogP contribution in [0, 0.1) is 35.5 Å². The molecule has 27 heavy (non-hydrogen) atoms. The summed E-state index contributed by atoms with van der Waals surface area (Å²) in [7, 11) is -3.07. The summed E-state index contributed by atoms with van der Waals surface area (Å²) >= 11 is 0. The first kappa shape index (κ1) is 16.3. The molecule has 4 aliphatic rings. The third-order valence-electron chi connectivity index (χ3n) is 7.69. The topological polar surface area (TPSA) is 26.3 Å². The zero-order valence-corrected chi connectivity index (χ0v) is 16.2. The molecule has 0 radical (unpaired) electrons. The van der Waals surface area contributed by atoms with Crippen molar-refractivity contribution in [3.63, 3.8) is 0 Å². The van der Waals surface area contributed by atoms with Gasteiger partial charge in [-0.05, 0) is 79.0 Å². The highest BCUT2D eigenvalue weighted by Crippen LogP contribution is 2.67. The lowest BCUT2D eigenvalue weighted by Crippen LogP contribution is -2.36. The Morgan fingerprint density at radius 3 is 1.96 bits per heavy atom. The fraction of sp³-hybridized carbons (Fsp3) is 0.417. The number of allylic oxidation sites excluding steroid dienone is 2. The Morgan fingerprint density at radius 2 is 1.33 bits per heavy atom. The van der Waals surface area contributed by atoms with E-state index in [9.17, 15) is 4.57 Å². The third kappa shape index (κ3) is 2.33. The van der Waals surface area contributed by atoms with E-state index in [-0.39, 0.29) is 6.10 Å². The Kier molecular flexibility index (Phi) is 3.59. The molecule has 0 aliphatic heterocycles. The monoisotopic (exact) mass is 376 g/mol. The van der Waals surface area contributed by atoms with Crippen LogP contribution in [0.4, 0.5) is 0 Å². The molecule has 4 bridgehead atoms. The van der Waals surface area contributed by atoms with E-state index in [1.165, 1.54) is 12.8 Å². The Hall–Kier alpha value is -1.63. The molecule has 0 heterocycles. The van der Waals surface area contributed by atoms with Crippen LogP contribution in [0.25, 0.3) is 0 Å². The van der Waals surface area contributed by atoms with Crippen LogP contribution in [-0.2, 0) is 9.09 Å². The minimum absolute atomic E-state index is 0.134. The molecule has 4 aliphatic carbocycles. The predicted octanol–water partition coefficient (Wildman–Crippen LogP) is 4.78. The van der Waals surface area contributed by atoms with Gasteiger partial charge in [-0.1, -0.05) is 48.6 Å². The standard InChI is InChI=1S/C24H25O2P/c25-27(19-7-3-1-4-8-19,20-9-5-2-6-10-20)26-22-15-18-14-21(22)24-17-12-11-16(13-17)23(18)24/h1-12,16-18,21-24H,13-15H2. The smallest absolute Gasteiger partial charge is 0.261 e. The van der Waals surface area contributed by atoms with Gasteiger partial charge in [0.2, 0.25) is 0 Å². The van der Waals surface area contributed by atoms with Crippen LogP contribution in [0.1, 0.15) is 19.3 Å². The van der Waals surface area contributed by atoms with Gasteiger partial charge in [-0.25, -0.2) is 0 Å². The summed E-state index contributed by atoms with van der Waals surface area (Å²) in [5, 5.41) is 1.65. The number of fused-ring (bicyclic) bond motifs is 9. The molecule has 0 N–H and O–H groups in total. The minimum atomic E-state index is -3.07. The van der Waals surface area contributed by atoms with Crippen LogP contribution in [0.5, 0.6) is 0 Å². The van der Waals surface area contributed by atoms with Crippen molar-refractivity contribution in [2.75, 3.05) is 0 Å². The summed E-state index contributed by atoms with van der Waals surface area (Å²) < 4.78 is 20.9. The molecule has 138 valence electrons. The summed E-state index contributed by atoms with van der Waals surface area (Å²) in [5.41, 5.74) is 0. The summed E-state index contributed by atoms with van der Waals surface area (Å²) in [6.45, 7) is 0. The van der Waals surface area contributed by atoms with Crippen molar-refractivity contribution in [2.24, 2.45) is 35.5 Å². The first-order chi connectivity index (χ1) is 13.2. The number of hydrogen-bond acceptors (Lipinski definition) is 2. The molecule has 6 rings (SSSR count). The van der Waals surface area contributed by atoms with Crippen molar-refractivity contribution in [3.05, 3.63) is 72.8 Å². The fourth-order valence-electron chi connectivity index (χ4n) is 6.79. The van der Waals surface area contributed by atoms with Crippen LogP contribution >= 0.6 is 7.37 Å². The van der Waals surface area contributed by atoms with E-state index in [4.69, 9.17) is 4.52 Å². The molecule has 0 saturated heterocycles. The SMILES string of the molecule is O=P(OC1CC2CC1C1C3C=CC(C3)C21)(c1ccccc1)c1ccccc1. The van der Waals surface area contributed by atoms with Gasteiger partial charge in [0, 0.05) is 10.6 Å². The average molecular weight is 376 g/mol. The minimum Gasteiger partial charge on any atom is -0.318 e. The molecule has 0 amide bonds. The lowest BCUT2D eigenvalue weighted by atomic mass is 9.72. The number of hydrogen-bond donors (Lipinski definition) is 0. The lowest BCUT2D eigenvalue weighted by molar-refractivity contribution is 0.0716. The molecule has 3 saturated carbocycles. The normalized spacial score (nSPS) is 38.4. The van der Waals surface area contributed by atoms with Crippen molar-refractivity contribution in [3.8, 4) is 0 Å². The van der Waals surface area contributed by atoms with Crippen molar-refractivity contribution >= 4 is 18.0 Å². The van der Waals surface area contributed by atoms with E-state index in [1.54, 1.807) is 0 Å². The van der Waals surface area contributed by atoms with Gasteiger partial charge in [-0.3, -0.25) is 4.57 Å². The van der Waals surface area contributed by atoms with Crippen molar-refractivity contribution in [1.29, 1.82) is 0 Å². The Balaban J connectivity index is 1.35. The van der Waals surface area contributed by atoms with Crippen molar-refractivity contribution in [2.45, 2.75) is 25.4 Å². The highest BCUT2D eigenvalue weighted by molar-refractivity contribution is 7.74. The molecule has 7 unspecified atom stereocenters. The lowest BCUT2D eigenvalue weighted by Gasteiger charge is -2.38. The van der Waals surface area contributed by atoms with Gasteiger partial charge >= 0.3 is 0 Å². The maximum atomic E-state index is 14.3. The Morgan fingerprint density at radius 1 is 0.741 bits per heavy atom. The molecular weight excluding hydrogens is 351 g/mol. The van der Waals surface area contributed by atoms with Crippen LogP contribution in [0.3, 0.4) is 0 Å². The first-order valence-electron chi connectivity index (χ1n) is 10.3. The maximum absolute atomic E-state index is 14.3. The van der Waals surface area contributed by atoms with Crippen molar-refractivity contribution < 1.29 is 9.09 Å². The molecule has 2 aromatic carbocycles. The Bertz CT molecular complexity index is 878. The summed E-state index contributed by atoms with van der Waals surface area (Å²) in [6.07, 6.45) is 8.78. The highest BCUT2D eigenvalue weighted by Gasteiger charge is 2.62. The van der Waals surface area contributed by atoms with Crippen LogP contribution < -0.4 is 10.6 Å². The third-order valence-corrected chi connectivity index (χ3v) is 10.2. The van der Waals surface area contributed by atoms with Crippen molar-refractivity contribution in [1.82, 2.24) is 0 Å². The van der Waals surface area contributed by atoms with E-state index < -0.39 is 7.37 Å². The molecular formula is C24H25O2P. The zero-order valence-electron chi connectivity index (χ0n) is 15.4. The van der Waals surface area contributed by atoms with Gasteiger partial charge in [0.15, 0.2) is 0 Å². The van der Waals surface area contributed by atoms with Gasteiger partial charge in [-0.15, -0.1) is 0 Å². The molecule has 3 fully saturated rings. The summed E-state index contributed by atoms with van der Waals surface area (Å²) in [4.78, 5) is 0. The average Bonchev–Trinajstić information content (AvgIpc) is 3.49. The maximum Gasteiger partial charge on any atom is 0.261 e. The fourth-order valence-corrected chi connectivity index (χ4v) is 9.08. The molecule has 3 heteroatoms. The van der Waals surface area contributed by atoms with Gasteiger partial charge in [-0.2, -0.15) is 0 Å². The van der Waals surface area contributed by atoms with Gasteiger partial charge in [0.1, 0.15) is 0 Å². The van der Waals surface area contributed by atoms with Crippen LogP contribution in [-0.4, -0.2) is 6.10 Å². The molecule has 0 spiro atoms. The molecule has 0 aromatic heterocycles. The van der Waals surface area contributed by atoms with Gasteiger partial charge < -0.3 is 4.52 Å². The van der Waals surface area contributed by atoms with Crippen LogP contribution in [0.2, 0.25) is 0 Å². The predicted molar refractivity (Wildman–Crippen MR) is 109 cm³/mol. The van der Waals surface area contributed by atoms with Gasteiger partial charge in [0.25, 0.3) is 7.37 Å². The highest BCUT2D eigenvalue weighted by atomic mass is 31.2. The zero-order chi connectivity index (χ0) is 18.0. The number of rotatable bonds is 4. The van der Waals surface area contributed by atoms with Gasteiger partial charge in [0.05, 0.1) is 6.10 Å². The second-order valence-electron chi connectivity index (χ2n) is 8.86. The summed E-state index contributed by atoms with van der Waals surface area (Å²) in [5.74, 6) is 4.55. The van der Waals surface area contributed by atoms with E-state index in [0.29, 0.717) is 5.92 Å². The van der Waals surface area contributed by atoms with E-state index >= 15 is 0 Å². The second-order valence-corrected chi connectivity index (χ2v) is 11.2. The number of benzene rings is 2. The Labute approximate surface area is 161 Å². The first-order valence-corrected chi connectivity index (χ1v) is 11.9. The molecule has 2 aromatic rings. The second kappa shape index (κ2) is 5.93. The summed E-state index contributed by atoms with van der Waals surface area (Å²) in [6, 6.07) is 19.7. The van der Waals surface area contributed by atoms with E-state index in [0.717, 1.165) is 46.6 Å². The molecule has 2 nitrogen and oxygen atoms in total. The quantitative estimate of drug-likeness (QED) is 0.436. The van der Waals surface area contributed by atoms with E-state index in [2.05, 4.69) is 12.2 Å². The molecule has 7 atom stereocenters.